The summed E-state index contributed by atoms with van der Waals surface area (Å²) in [5.41, 5.74) is 1.06. The van der Waals surface area contributed by atoms with Crippen LogP contribution in [-0.4, -0.2) is 43.2 Å². The van der Waals surface area contributed by atoms with Crippen LogP contribution < -0.4 is 14.8 Å². The number of amides is 1. The highest BCUT2D eigenvalue weighted by Gasteiger charge is 2.27. The summed E-state index contributed by atoms with van der Waals surface area (Å²) in [6.07, 6.45) is 1.68. The molecule has 6 heteroatoms. The summed E-state index contributed by atoms with van der Waals surface area (Å²) in [7, 11) is 0. The van der Waals surface area contributed by atoms with Gasteiger partial charge in [-0.1, -0.05) is 24.3 Å². The van der Waals surface area contributed by atoms with Gasteiger partial charge in [0.05, 0.1) is 12.5 Å². The lowest BCUT2D eigenvalue weighted by Gasteiger charge is -2.32. The van der Waals surface area contributed by atoms with E-state index in [-0.39, 0.29) is 23.7 Å². The second-order valence-corrected chi connectivity index (χ2v) is 7.44. The van der Waals surface area contributed by atoms with Crippen LogP contribution in [0.5, 0.6) is 11.5 Å². The van der Waals surface area contributed by atoms with Crippen molar-refractivity contribution in [2.75, 3.05) is 26.2 Å². The summed E-state index contributed by atoms with van der Waals surface area (Å²) in [5, 5.41) is 3.02. The van der Waals surface area contributed by atoms with Crippen molar-refractivity contribution in [3.8, 4) is 11.5 Å². The molecule has 4 rings (SSSR count). The number of fused-ring (bicyclic) bond motifs is 1. The van der Waals surface area contributed by atoms with Gasteiger partial charge < -0.3 is 14.8 Å². The number of ether oxygens (including phenoxy) is 2. The lowest BCUT2D eigenvalue weighted by Crippen LogP contribution is -2.46. The minimum atomic E-state index is -0.226. The molecule has 2 aromatic rings. The average molecular weight is 384 g/mol. The van der Waals surface area contributed by atoms with Crippen molar-refractivity contribution in [1.82, 2.24) is 10.2 Å². The number of hydrogen-bond donors (Lipinski definition) is 1. The maximum absolute atomic E-state index is 13.1. The molecule has 1 amide bonds. The van der Waals surface area contributed by atoms with Gasteiger partial charge in [0.25, 0.3) is 0 Å². The molecule has 2 heterocycles. The summed E-state index contributed by atoms with van der Waals surface area (Å²) < 4.78 is 24.7. The summed E-state index contributed by atoms with van der Waals surface area (Å²) in [5.74, 6) is 1.26. The molecule has 1 saturated heterocycles. The number of nitrogens with one attached hydrogen (secondary N) is 1. The van der Waals surface area contributed by atoms with Crippen molar-refractivity contribution in [3.63, 3.8) is 0 Å². The van der Waals surface area contributed by atoms with E-state index in [1.54, 1.807) is 12.1 Å². The molecule has 2 atom stereocenters. The Kier molecular flexibility index (Phi) is 5.76. The van der Waals surface area contributed by atoms with Crippen LogP contribution in [0.25, 0.3) is 0 Å². The zero-order valence-electron chi connectivity index (χ0n) is 15.8. The zero-order valence-corrected chi connectivity index (χ0v) is 15.8. The van der Waals surface area contributed by atoms with Gasteiger partial charge >= 0.3 is 0 Å². The Labute approximate surface area is 164 Å². The van der Waals surface area contributed by atoms with E-state index in [0.717, 1.165) is 43.0 Å². The molecule has 2 aromatic carbocycles. The van der Waals surface area contributed by atoms with Gasteiger partial charge in [-0.15, -0.1) is 0 Å². The van der Waals surface area contributed by atoms with Crippen molar-refractivity contribution in [2.24, 2.45) is 5.92 Å². The predicted octanol–water partition coefficient (Wildman–Crippen LogP) is 2.99. The van der Waals surface area contributed by atoms with E-state index in [1.165, 1.54) is 12.1 Å². The van der Waals surface area contributed by atoms with Crippen molar-refractivity contribution < 1.29 is 18.7 Å². The Morgan fingerprint density at radius 1 is 1.14 bits per heavy atom. The highest BCUT2D eigenvalue weighted by atomic mass is 19.1. The van der Waals surface area contributed by atoms with E-state index in [2.05, 4.69) is 10.2 Å². The topological polar surface area (TPSA) is 50.8 Å². The van der Waals surface area contributed by atoms with Gasteiger partial charge in [-0.3, -0.25) is 9.69 Å². The van der Waals surface area contributed by atoms with Crippen LogP contribution >= 0.6 is 0 Å². The number of nitrogens with zero attached hydrogens (tertiary/aromatic N) is 1. The van der Waals surface area contributed by atoms with E-state index < -0.39 is 0 Å². The van der Waals surface area contributed by atoms with Crippen LogP contribution in [0.1, 0.15) is 18.4 Å². The molecule has 0 radical (unpaired) electrons. The lowest BCUT2D eigenvalue weighted by atomic mass is 9.96. The third kappa shape index (κ3) is 4.62. The summed E-state index contributed by atoms with van der Waals surface area (Å²) >= 11 is 0. The van der Waals surface area contributed by atoms with Gasteiger partial charge in [0.15, 0.2) is 11.5 Å². The molecule has 0 aliphatic carbocycles. The lowest BCUT2D eigenvalue weighted by molar-refractivity contribution is -0.127. The van der Waals surface area contributed by atoms with Gasteiger partial charge in [-0.05, 0) is 49.2 Å². The fourth-order valence-electron chi connectivity index (χ4n) is 3.78. The van der Waals surface area contributed by atoms with E-state index in [4.69, 9.17) is 9.47 Å². The van der Waals surface area contributed by atoms with E-state index >= 15 is 0 Å². The number of carbonyl (C=O) groups excluding carboxylic acids is 1. The van der Waals surface area contributed by atoms with Crippen LogP contribution in [0.2, 0.25) is 0 Å². The van der Waals surface area contributed by atoms with Crippen molar-refractivity contribution in [1.29, 1.82) is 0 Å². The average Bonchev–Trinajstić information content (AvgIpc) is 2.74. The van der Waals surface area contributed by atoms with Gasteiger partial charge in [-0.2, -0.15) is 0 Å². The normalized spacial score (nSPS) is 21.9. The third-order valence-corrected chi connectivity index (χ3v) is 5.27. The summed E-state index contributed by atoms with van der Waals surface area (Å²) in [4.78, 5) is 14.9. The van der Waals surface area contributed by atoms with E-state index in [1.807, 2.05) is 24.3 Å². The first kappa shape index (κ1) is 18.7. The Morgan fingerprint density at radius 3 is 2.75 bits per heavy atom. The highest BCUT2D eigenvalue weighted by molar-refractivity contribution is 5.79. The molecular weight excluding hydrogens is 359 g/mol. The molecular formula is C22H25FN2O3. The summed E-state index contributed by atoms with van der Waals surface area (Å²) in [6, 6.07) is 14.1. The van der Waals surface area contributed by atoms with Crippen molar-refractivity contribution in [3.05, 3.63) is 59.9 Å². The Balaban J connectivity index is 1.26. The molecule has 0 unspecified atom stereocenters. The van der Waals surface area contributed by atoms with E-state index in [9.17, 15) is 9.18 Å². The molecule has 0 spiro atoms. The quantitative estimate of drug-likeness (QED) is 0.861. The molecule has 0 aromatic heterocycles. The fraction of sp³-hybridized carbons (Fsp3) is 0.409. The fourth-order valence-corrected chi connectivity index (χ4v) is 3.78. The molecule has 0 bridgehead atoms. The number of piperidine rings is 1. The second kappa shape index (κ2) is 8.61. The molecule has 0 saturated carbocycles. The Morgan fingerprint density at radius 2 is 1.93 bits per heavy atom. The molecule has 1 fully saturated rings. The standard InChI is InChI=1S/C22H25FN2O3/c23-18-9-7-16(8-10-18)13-25-11-3-4-17(14-25)22(26)24-12-19-15-27-20-5-1-2-6-21(20)28-19/h1-2,5-10,17,19H,3-4,11-15H2,(H,24,26)/t17-,19+/m1/s1. The number of rotatable bonds is 5. The van der Waals surface area contributed by atoms with Crippen molar-refractivity contribution >= 4 is 5.91 Å². The number of hydrogen-bond acceptors (Lipinski definition) is 4. The SMILES string of the molecule is O=C(NC[C@H]1COc2ccccc2O1)[C@@H]1CCCN(Cc2ccc(F)cc2)C1. The van der Waals surface area contributed by atoms with Crippen LogP contribution in [0.3, 0.4) is 0 Å². The maximum atomic E-state index is 13.1. The monoisotopic (exact) mass is 384 g/mol. The highest BCUT2D eigenvalue weighted by Crippen LogP contribution is 2.30. The molecule has 1 N–H and O–H groups in total. The number of halogens is 1. The first-order chi connectivity index (χ1) is 13.7. The van der Waals surface area contributed by atoms with Crippen molar-refractivity contribution in [2.45, 2.75) is 25.5 Å². The molecule has 28 heavy (non-hydrogen) atoms. The minimum Gasteiger partial charge on any atom is -0.486 e. The van der Waals surface area contributed by atoms with Gasteiger partial charge in [0, 0.05) is 13.1 Å². The second-order valence-electron chi connectivity index (χ2n) is 7.44. The number of carbonyl (C=O) groups is 1. The smallest absolute Gasteiger partial charge is 0.224 e. The molecule has 2 aliphatic rings. The summed E-state index contributed by atoms with van der Waals surface area (Å²) in [6.45, 7) is 3.27. The molecule has 5 nitrogen and oxygen atoms in total. The first-order valence-corrected chi connectivity index (χ1v) is 9.80. The van der Waals surface area contributed by atoms with Gasteiger partial charge in [0.1, 0.15) is 18.5 Å². The number of para-hydroxylation sites is 2. The van der Waals surface area contributed by atoms with E-state index in [0.29, 0.717) is 19.7 Å². The van der Waals surface area contributed by atoms with Crippen LogP contribution in [0.15, 0.2) is 48.5 Å². The van der Waals surface area contributed by atoms with Crippen LogP contribution in [0.4, 0.5) is 4.39 Å². The number of likely N-dealkylation sites (tertiary alicyclic amines) is 1. The minimum absolute atomic E-state index is 0.0361. The van der Waals surface area contributed by atoms with Gasteiger partial charge in [-0.25, -0.2) is 4.39 Å². The van der Waals surface area contributed by atoms with Crippen LogP contribution in [-0.2, 0) is 11.3 Å². The van der Waals surface area contributed by atoms with Crippen LogP contribution in [0, 0.1) is 11.7 Å². The first-order valence-electron chi connectivity index (χ1n) is 9.80. The zero-order chi connectivity index (χ0) is 19.3. The third-order valence-electron chi connectivity index (χ3n) is 5.27. The molecule has 148 valence electrons. The predicted molar refractivity (Wildman–Crippen MR) is 104 cm³/mol. The Bertz CT molecular complexity index is 812. The Hall–Kier alpha value is -2.60. The molecule has 2 aliphatic heterocycles. The number of benzene rings is 2. The maximum Gasteiger partial charge on any atom is 0.224 e. The largest absolute Gasteiger partial charge is 0.486 e. The van der Waals surface area contributed by atoms with Gasteiger partial charge in [0.2, 0.25) is 5.91 Å².